The summed E-state index contributed by atoms with van der Waals surface area (Å²) in [6.45, 7) is 1.43. The molecule has 26 heavy (non-hydrogen) atoms. The average Bonchev–Trinajstić information content (AvgIpc) is 2.59. The van der Waals surface area contributed by atoms with Gasteiger partial charge in [0.05, 0.1) is 10.9 Å². The van der Waals surface area contributed by atoms with E-state index in [9.17, 15) is 22.8 Å². The van der Waals surface area contributed by atoms with Crippen molar-refractivity contribution in [2.45, 2.75) is 19.6 Å². The third-order valence-corrected chi connectivity index (χ3v) is 3.89. The van der Waals surface area contributed by atoms with Crippen LogP contribution in [0.1, 0.15) is 27.2 Å². The van der Waals surface area contributed by atoms with Crippen molar-refractivity contribution in [1.29, 1.82) is 0 Å². The molecule has 0 aliphatic rings. The standard InChI is InChI=1S/C18H14F3N3O2/c1-10-14(15(25)13-6-3-7-22-16(13)24-10)17(26)23-9-11-4-2-5-12(8-11)18(19,20)21/h2-8H,9H2,1H3,(H,23,26)(H,22,24,25). The molecule has 0 atom stereocenters. The number of aromatic nitrogens is 2. The quantitative estimate of drug-likeness (QED) is 0.752. The number of fused-ring (bicyclic) bond motifs is 1. The van der Waals surface area contributed by atoms with Gasteiger partial charge in [-0.05, 0) is 36.8 Å². The lowest BCUT2D eigenvalue weighted by atomic mass is 10.1. The van der Waals surface area contributed by atoms with Gasteiger partial charge in [0, 0.05) is 18.4 Å². The van der Waals surface area contributed by atoms with Crippen LogP contribution in [-0.2, 0) is 12.7 Å². The van der Waals surface area contributed by atoms with E-state index >= 15 is 0 Å². The molecule has 1 aromatic carbocycles. The van der Waals surface area contributed by atoms with Gasteiger partial charge < -0.3 is 10.3 Å². The number of amides is 1. The molecule has 0 radical (unpaired) electrons. The molecule has 0 saturated carbocycles. The lowest BCUT2D eigenvalue weighted by Crippen LogP contribution is -2.30. The molecule has 0 fully saturated rings. The predicted octanol–water partition coefficient (Wildman–Crippen LogP) is 3.18. The van der Waals surface area contributed by atoms with Crippen LogP contribution in [0.3, 0.4) is 0 Å². The Labute approximate surface area is 145 Å². The number of aromatic amines is 1. The van der Waals surface area contributed by atoms with E-state index in [0.29, 0.717) is 11.3 Å². The van der Waals surface area contributed by atoms with Crippen molar-refractivity contribution >= 4 is 16.9 Å². The molecule has 0 spiro atoms. The summed E-state index contributed by atoms with van der Waals surface area (Å²) in [5, 5.41) is 2.76. The van der Waals surface area contributed by atoms with Crippen LogP contribution >= 0.6 is 0 Å². The number of nitrogens with zero attached hydrogens (tertiary/aromatic N) is 1. The van der Waals surface area contributed by atoms with Crippen molar-refractivity contribution in [3.63, 3.8) is 0 Å². The summed E-state index contributed by atoms with van der Waals surface area (Å²) in [4.78, 5) is 31.9. The molecule has 2 N–H and O–H groups in total. The molecule has 0 aliphatic heterocycles. The van der Waals surface area contributed by atoms with Crippen molar-refractivity contribution in [3.05, 3.63) is 75.2 Å². The van der Waals surface area contributed by atoms with Crippen molar-refractivity contribution in [2.24, 2.45) is 0 Å². The van der Waals surface area contributed by atoms with Gasteiger partial charge in [0.15, 0.2) is 0 Å². The zero-order valence-corrected chi connectivity index (χ0v) is 13.6. The topological polar surface area (TPSA) is 74.8 Å². The monoisotopic (exact) mass is 361 g/mol. The van der Waals surface area contributed by atoms with Crippen LogP contribution < -0.4 is 10.7 Å². The van der Waals surface area contributed by atoms with Gasteiger partial charge >= 0.3 is 6.18 Å². The van der Waals surface area contributed by atoms with Crippen LogP contribution in [0.5, 0.6) is 0 Å². The summed E-state index contributed by atoms with van der Waals surface area (Å²) < 4.78 is 38.2. The molecule has 3 rings (SSSR count). The Hall–Kier alpha value is -3.16. The molecule has 0 bridgehead atoms. The second-order valence-corrected chi connectivity index (χ2v) is 5.73. The Morgan fingerprint density at radius 3 is 2.73 bits per heavy atom. The zero-order valence-electron chi connectivity index (χ0n) is 13.6. The minimum absolute atomic E-state index is 0.0857. The Balaban J connectivity index is 1.86. The first kappa shape index (κ1) is 17.7. The maximum absolute atomic E-state index is 12.7. The Morgan fingerprint density at radius 2 is 2.00 bits per heavy atom. The fourth-order valence-corrected chi connectivity index (χ4v) is 2.63. The number of carbonyl (C=O) groups is 1. The number of H-pyrrole nitrogens is 1. The third-order valence-electron chi connectivity index (χ3n) is 3.89. The first-order chi connectivity index (χ1) is 12.3. The highest BCUT2D eigenvalue weighted by molar-refractivity contribution is 5.97. The Kier molecular flexibility index (Phi) is 4.50. The van der Waals surface area contributed by atoms with Crippen molar-refractivity contribution < 1.29 is 18.0 Å². The minimum Gasteiger partial charge on any atom is -0.348 e. The second kappa shape index (κ2) is 6.62. The van der Waals surface area contributed by atoms with Gasteiger partial charge in [-0.2, -0.15) is 13.2 Å². The molecule has 1 amide bonds. The molecule has 2 heterocycles. The Bertz CT molecular complexity index is 1040. The van der Waals surface area contributed by atoms with Crippen LogP contribution in [0.15, 0.2) is 47.4 Å². The van der Waals surface area contributed by atoms with E-state index < -0.39 is 23.1 Å². The molecular weight excluding hydrogens is 347 g/mol. The highest BCUT2D eigenvalue weighted by Crippen LogP contribution is 2.29. The van der Waals surface area contributed by atoms with Crippen LogP contribution in [-0.4, -0.2) is 15.9 Å². The maximum Gasteiger partial charge on any atom is 0.416 e. The number of pyridine rings is 2. The van der Waals surface area contributed by atoms with E-state index in [1.54, 1.807) is 19.1 Å². The minimum atomic E-state index is -4.46. The highest BCUT2D eigenvalue weighted by atomic mass is 19.4. The summed E-state index contributed by atoms with van der Waals surface area (Å²) in [6, 6.07) is 7.78. The second-order valence-electron chi connectivity index (χ2n) is 5.73. The zero-order chi connectivity index (χ0) is 18.9. The van der Waals surface area contributed by atoms with E-state index in [0.717, 1.165) is 12.1 Å². The van der Waals surface area contributed by atoms with Crippen LogP contribution in [0.2, 0.25) is 0 Å². The smallest absolute Gasteiger partial charge is 0.348 e. The van der Waals surface area contributed by atoms with Gasteiger partial charge in [-0.15, -0.1) is 0 Å². The fourth-order valence-electron chi connectivity index (χ4n) is 2.63. The van der Waals surface area contributed by atoms with E-state index in [1.807, 2.05) is 0 Å². The summed E-state index contributed by atoms with van der Waals surface area (Å²) in [5.41, 5.74) is -0.379. The van der Waals surface area contributed by atoms with E-state index in [-0.39, 0.29) is 23.1 Å². The average molecular weight is 361 g/mol. The Morgan fingerprint density at radius 1 is 1.23 bits per heavy atom. The molecule has 0 saturated heterocycles. The SMILES string of the molecule is Cc1[nH]c2ncccc2c(=O)c1C(=O)NCc1cccc(C(F)(F)F)c1. The number of hydrogen-bond acceptors (Lipinski definition) is 3. The van der Waals surface area contributed by atoms with E-state index in [1.165, 1.54) is 18.3 Å². The molecule has 5 nitrogen and oxygen atoms in total. The molecule has 3 aromatic rings. The van der Waals surface area contributed by atoms with Crippen LogP contribution in [0.4, 0.5) is 13.2 Å². The lowest BCUT2D eigenvalue weighted by molar-refractivity contribution is -0.137. The fraction of sp³-hybridized carbons (Fsp3) is 0.167. The summed E-state index contributed by atoms with van der Waals surface area (Å²) in [6.07, 6.45) is -2.94. The van der Waals surface area contributed by atoms with Gasteiger partial charge in [-0.1, -0.05) is 12.1 Å². The van der Waals surface area contributed by atoms with Gasteiger partial charge in [0.25, 0.3) is 5.91 Å². The van der Waals surface area contributed by atoms with Gasteiger partial charge in [0.1, 0.15) is 11.2 Å². The van der Waals surface area contributed by atoms with Crippen LogP contribution in [0.25, 0.3) is 11.0 Å². The number of halogens is 3. The number of aryl methyl sites for hydroxylation is 1. The largest absolute Gasteiger partial charge is 0.416 e. The van der Waals surface area contributed by atoms with E-state index in [4.69, 9.17) is 0 Å². The normalized spacial score (nSPS) is 11.5. The molecule has 0 unspecified atom stereocenters. The molecule has 134 valence electrons. The number of benzene rings is 1. The number of hydrogen-bond donors (Lipinski definition) is 2. The van der Waals surface area contributed by atoms with Gasteiger partial charge in [-0.25, -0.2) is 4.98 Å². The summed E-state index contributed by atoms with van der Waals surface area (Å²) in [7, 11) is 0. The molecule has 8 heteroatoms. The first-order valence-corrected chi connectivity index (χ1v) is 7.69. The summed E-state index contributed by atoms with van der Waals surface area (Å²) >= 11 is 0. The first-order valence-electron chi connectivity index (χ1n) is 7.69. The van der Waals surface area contributed by atoms with Crippen molar-refractivity contribution in [1.82, 2.24) is 15.3 Å². The van der Waals surface area contributed by atoms with Crippen molar-refractivity contribution in [2.75, 3.05) is 0 Å². The number of rotatable bonds is 3. The highest BCUT2D eigenvalue weighted by Gasteiger charge is 2.30. The molecule has 0 aliphatic carbocycles. The van der Waals surface area contributed by atoms with Gasteiger partial charge in [0.2, 0.25) is 5.43 Å². The molecular formula is C18H14F3N3O2. The van der Waals surface area contributed by atoms with E-state index in [2.05, 4.69) is 15.3 Å². The van der Waals surface area contributed by atoms with Gasteiger partial charge in [-0.3, -0.25) is 9.59 Å². The predicted molar refractivity (Wildman–Crippen MR) is 89.7 cm³/mol. The van der Waals surface area contributed by atoms with Crippen LogP contribution in [0, 0.1) is 6.92 Å². The maximum atomic E-state index is 12.7. The summed E-state index contributed by atoms with van der Waals surface area (Å²) in [5.74, 6) is -0.660. The van der Waals surface area contributed by atoms with Crippen molar-refractivity contribution in [3.8, 4) is 0 Å². The number of nitrogens with one attached hydrogen (secondary N) is 2. The number of carbonyl (C=O) groups excluding carboxylic acids is 1. The third kappa shape index (κ3) is 3.44. The number of alkyl halides is 3. The molecule has 2 aromatic heterocycles. The lowest BCUT2D eigenvalue weighted by Gasteiger charge is -2.11.